The normalized spacial score (nSPS) is 11.4. The van der Waals surface area contributed by atoms with Crippen LogP contribution >= 0.6 is 0 Å². The van der Waals surface area contributed by atoms with Gasteiger partial charge in [0.15, 0.2) is 0 Å². The summed E-state index contributed by atoms with van der Waals surface area (Å²) in [6.45, 7) is 0. The topological polar surface area (TPSA) is 75.4 Å². The molecule has 2 N–H and O–H groups in total. The van der Waals surface area contributed by atoms with Crippen LogP contribution in [0, 0.1) is 0 Å². The van der Waals surface area contributed by atoms with Gasteiger partial charge in [-0.1, -0.05) is 0 Å². The van der Waals surface area contributed by atoms with E-state index in [1.165, 1.54) is 12.1 Å². The minimum absolute atomic E-state index is 0. The van der Waals surface area contributed by atoms with Gasteiger partial charge in [-0.15, -0.1) is 0 Å². The summed E-state index contributed by atoms with van der Waals surface area (Å²) in [6.07, 6.45) is 1.61. The minimum atomic E-state index is -4.77. The second-order valence-electron chi connectivity index (χ2n) is 3.07. The smallest absolute Gasteiger partial charge is 0 e. The van der Waals surface area contributed by atoms with E-state index in [4.69, 9.17) is 8.19 Å². The molecular weight excluding hydrogens is 270 g/mol. The van der Waals surface area contributed by atoms with Crippen LogP contribution < -0.4 is 4.35 Å². The van der Waals surface area contributed by atoms with Crippen LogP contribution in [-0.2, 0) is 10.8 Å². The Bertz CT molecular complexity index is 534. The third-order valence-electron chi connectivity index (χ3n) is 2.05. The third kappa shape index (κ3) is 2.56. The molecular formula is C8H9AsN2NaO3. The molecule has 0 aliphatic rings. The zero-order chi connectivity index (χ0) is 10.3. The number of rotatable bonds is 1. The van der Waals surface area contributed by atoms with E-state index < -0.39 is 14.2 Å². The van der Waals surface area contributed by atoms with Gasteiger partial charge in [0.25, 0.3) is 0 Å². The Morgan fingerprint density at radius 2 is 2.07 bits per heavy atom. The second kappa shape index (κ2) is 4.45. The van der Waals surface area contributed by atoms with Crippen LogP contribution in [0.3, 0.4) is 0 Å². The van der Waals surface area contributed by atoms with Gasteiger partial charge in [-0.25, -0.2) is 0 Å². The molecule has 0 bridgehead atoms. The summed E-state index contributed by atoms with van der Waals surface area (Å²) >= 11 is -4.77. The van der Waals surface area contributed by atoms with Crippen molar-refractivity contribution in [1.29, 1.82) is 0 Å². The van der Waals surface area contributed by atoms with E-state index in [0.29, 0.717) is 5.52 Å². The molecule has 75 valence electrons. The first-order valence-electron chi connectivity index (χ1n) is 3.96. The maximum Gasteiger partial charge on any atom is 0 e. The van der Waals surface area contributed by atoms with Gasteiger partial charge in [-0.05, 0) is 0 Å². The number of aryl methyl sites for hydroxylation is 1. The van der Waals surface area contributed by atoms with Crippen molar-refractivity contribution in [1.82, 2.24) is 9.55 Å². The van der Waals surface area contributed by atoms with Gasteiger partial charge >= 0.3 is 82.6 Å². The van der Waals surface area contributed by atoms with Crippen LogP contribution in [0.5, 0.6) is 0 Å². The quantitative estimate of drug-likeness (QED) is 0.640. The van der Waals surface area contributed by atoms with Crippen molar-refractivity contribution in [2.45, 2.75) is 0 Å². The second-order valence-corrected chi connectivity index (χ2v) is 6.44. The van der Waals surface area contributed by atoms with E-state index in [9.17, 15) is 3.74 Å². The third-order valence-corrected chi connectivity index (χ3v) is 4.04. The van der Waals surface area contributed by atoms with Gasteiger partial charge in [0.1, 0.15) is 0 Å². The molecule has 1 radical (unpaired) electrons. The van der Waals surface area contributed by atoms with Crippen LogP contribution in [0.1, 0.15) is 0 Å². The van der Waals surface area contributed by atoms with E-state index >= 15 is 0 Å². The molecule has 0 aliphatic heterocycles. The molecule has 1 heterocycles. The molecule has 0 amide bonds. The molecule has 0 unspecified atom stereocenters. The molecule has 2 aromatic rings. The van der Waals surface area contributed by atoms with E-state index in [1.54, 1.807) is 17.0 Å². The molecule has 0 spiro atoms. The van der Waals surface area contributed by atoms with Crippen LogP contribution in [0.2, 0.25) is 0 Å². The van der Waals surface area contributed by atoms with Crippen molar-refractivity contribution in [3.8, 4) is 0 Å². The zero-order valence-electron chi connectivity index (χ0n) is 8.45. The largest absolute Gasteiger partial charge is 0 e. The Hall–Kier alpha value is -0.0316. The van der Waals surface area contributed by atoms with Gasteiger partial charge < -0.3 is 0 Å². The van der Waals surface area contributed by atoms with Gasteiger partial charge in [0, 0.05) is 29.6 Å². The SMILES string of the molecule is Cn1cnc2cc([As](=O)(O)O)ccc21.[Na]. The predicted octanol–water partition coefficient (Wildman–Crippen LogP) is -1.25. The number of fused-ring (bicyclic) bond motifs is 1. The van der Waals surface area contributed by atoms with Gasteiger partial charge in [-0.2, -0.15) is 0 Å². The number of benzene rings is 1. The van der Waals surface area contributed by atoms with E-state index in [2.05, 4.69) is 4.98 Å². The molecule has 2 rings (SSSR count). The van der Waals surface area contributed by atoms with E-state index in [-0.39, 0.29) is 33.9 Å². The van der Waals surface area contributed by atoms with Gasteiger partial charge in [0.05, 0.1) is 0 Å². The first-order valence-corrected chi connectivity index (χ1v) is 7.34. The fourth-order valence-electron chi connectivity index (χ4n) is 1.31. The van der Waals surface area contributed by atoms with Crippen molar-refractivity contribution < 1.29 is 11.9 Å². The molecule has 1 aromatic carbocycles. The molecule has 0 aliphatic carbocycles. The molecule has 0 saturated heterocycles. The standard InChI is InChI=1S/C8H9AsN2O3.Na/c1-11-5-10-7-4-6(9(12,13)14)2-3-8(7)11;/h2-5H,1H3,(H2,12,13,14);. The molecule has 5 nitrogen and oxygen atoms in total. The summed E-state index contributed by atoms with van der Waals surface area (Å²) in [6, 6.07) is 4.55. The average Bonchev–Trinajstić information content (AvgIpc) is 2.46. The summed E-state index contributed by atoms with van der Waals surface area (Å²) in [5, 5.41) is 0. The summed E-state index contributed by atoms with van der Waals surface area (Å²) in [7, 11) is 1.83. The van der Waals surface area contributed by atoms with Crippen LogP contribution in [0.15, 0.2) is 24.5 Å². The maximum absolute atomic E-state index is 11.0. The van der Waals surface area contributed by atoms with Crippen molar-refractivity contribution in [2.24, 2.45) is 7.05 Å². The minimum Gasteiger partial charge on any atom is 0 e. The summed E-state index contributed by atoms with van der Waals surface area (Å²) in [5.74, 6) is 0. The first-order chi connectivity index (χ1) is 6.48. The number of hydrogen-bond donors (Lipinski definition) is 2. The average molecular weight is 279 g/mol. The number of hydrogen-bond acceptors (Lipinski definition) is 2. The molecule has 0 fully saturated rings. The van der Waals surface area contributed by atoms with Crippen molar-refractivity contribution in [2.75, 3.05) is 0 Å². The Kier molecular flexibility index (Phi) is 3.87. The molecule has 1 aromatic heterocycles. The van der Waals surface area contributed by atoms with Crippen molar-refractivity contribution in [3.63, 3.8) is 0 Å². The molecule has 0 saturated carbocycles. The molecule has 15 heavy (non-hydrogen) atoms. The van der Waals surface area contributed by atoms with Gasteiger partial charge in [0.2, 0.25) is 0 Å². The van der Waals surface area contributed by atoms with Gasteiger partial charge in [-0.3, -0.25) is 0 Å². The fraction of sp³-hybridized carbons (Fsp3) is 0.125. The van der Waals surface area contributed by atoms with Crippen LogP contribution in [0.4, 0.5) is 0 Å². The first kappa shape index (κ1) is 13.0. The fourth-order valence-corrected chi connectivity index (χ4v) is 2.48. The summed E-state index contributed by atoms with van der Waals surface area (Å²) < 4.78 is 30.9. The molecule has 7 heteroatoms. The number of aromatic nitrogens is 2. The van der Waals surface area contributed by atoms with E-state index in [0.717, 1.165) is 5.52 Å². The summed E-state index contributed by atoms with van der Waals surface area (Å²) in [5.41, 5.74) is 1.47. The van der Waals surface area contributed by atoms with Crippen LogP contribution in [-0.4, -0.2) is 61.5 Å². The van der Waals surface area contributed by atoms with E-state index in [1.807, 2.05) is 7.05 Å². The summed E-state index contributed by atoms with van der Waals surface area (Å²) in [4.78, 5) is 4.02. The molecule has 0 atom stereocenters. The monoisotopic (exact) mass is 279 g/mol. The van der Waals surface area contributed by atoms with Crippen LogP contribution in [0.25, 0.3) is 11.0 Å². The predicted molar refractivity (Wildman–Crippen MR) is 57.0 cm³/mol. The number of nitrogens with zero attached hydrogens (tertiary/aromatic N) is 2. The number of imidazole rings is 1. The Balaban J connectivity index is 0.00000112. The zero-order valence-corrected chi connectivity index (χ0v) is 12.3. The van der Waals surface area contributed by atoms with Crippen molar-refractivity contribution in [3.05, 3.63) is 24.5 Å². The Labute approximate surface area is 111 Å². The maximum atomic E-state index is 11.0. The van der Waals surface area contributed by atoms with Crippen molar-refractivity contribution >= 4 is 59.1 Å². The Morgan fingerprint density at radius 1 is 1.40 bits per heavy atom. The Morgan fingerprint density at radius 3 is 2.67 bits per heavy atom.